The molecule has 0 aliphatic heterocycles. The van der Waals surface area contributed by atoms with E-state index in [-0.39, 0.29) is 5.97 Å². The average molecular weight is 416 g/mol. The Balaban J connectivity index is 1.94. The number of aromatic nitrogens is 2. The third kappa shape index (κ3) is 3.53. The number of nitriles is 1. The van der Waals surface area contributed by atoms with Crippen LogP contribution in [0.2, 0.25) is 0 Å². The molecule has 0 amide bonds. The van der Waals surface area contributed by atoms with Crippen molar-refractivity contribution in [3.05, 3.63) is 77.4 Å². The highest BCUT2D eigenvalue weighted by Crippen LogP contribution is 2.39. The van der Waals surface area contributed by atoms with Gasteiger partial charge in [-0.15, -0.1) is 0 Å². The number of hydrogen-bond acceptors (Lipinski definition) is 5. The Morgan fingerprint density at radius 3 is 2.60 bits per heavy atom. The van der Waals surface area contributed by atoms with Gasteiger partial charge >= 0.3 is 5.97 Å². The molecule has 2 heterocycles. The van der Waals surface area contributed by atoms with Crippen molar-refractivity contribution in [2.75, 3.05) is 6.61 Å². The van der Waals surface area contributed by atoms with Crippen LogP contribution < -0.4 is 0 Å². The molecule has 2 aromatic heterocycles. The van der Waals surface area contributed by atoms with Crippen LogP contribution in [0.1, 0.15) is 35.8 Å². The number of nitrogens with zero attached hydrogens (tertiary/aromatic N) is 3. The highest BCUT2D eigenvalue weighted by molar-refractivity contribution is 8.00. The van der Waals surface area contributed by atoms with E-state index in [9.17, 15) is 10.1 Å². The third-order valence-corrected chi connectivity index (χ3v) is 6.20. The van der Waals surface area contributed by atoms with Gasteiger partial charge in [-0.3, -0.25) is 9.20 Å². The molecular formula is C24H21N3O2S. The number of carbonyl (C=O) groups excluding carboxylic acids is 1. The lowest BCUT2D eigenvalue weighted by molar-refractivity contribution is -0.142. The summed E-state index contributed by atoms with van der Waals surface area (Å²) in [7, 11) is 0. The van der Waals surface area contributed by atoms with Crippen molar-refractivity contribution in [2.45, 2.75) is 30.5 Å². The van der Waals surface area contributed by atoms with Crippen molar-refractivity contribution >= 4 is 34.4 Å². The number of aryl methyl sites for hydroxylation is 1. The topological polar surface area (TPSA) is 67.4 Å². The quantitative estimate of drug-likeness (QED) is 0.315. The zero-order chi connectivity index (χ0) is 21.1. The van der Waals surface area contributed by atoms with E-state index in [1.165, 1.54) is 11.8 Å². The molecule has 4 rings (SSSR count). The SMILES string of the molecule is CCOC(=O)[C@H](Sc1cc(CC)c(C#N)c2nc3ccccc3n12)c1ccccc1. The van der Waals surface area contributed by atoms with Crippen LogP contribution >= 0.6 is 11.8 Å². The molecule has 1 atom stereocenters. The minimum atomic E-state index is -0.520. The van der Waals surface area contributed by atoms with E-state index in [0.29, 0.717) is 24.2 Å². The van der Waals surface area contributed by atoms with E-state index in [2.05, 4.69) is 6.07 Å². The van der Waals surface area contributed by atoms with Gasteiger partial charge in [-0.2, -0.15) is 5.26 Å². The normalized spacial score (nSPS) is 12.0. The summed E-state index contributed by atoms with van der Waals surface area (Å²) in [6, 6.07) is 21.7. The van der Waals surface area contributed by atoms with Gasteiger partial charge in [-0.05, 0) is 42.7 Å². The van der Waals surface area contributed by atoms with E-state index in [0.717, 1.165) is 27.2 Å². The second-order valence-corrected chi connectivity index (χ2v) is 7.89. The van der Waals surface area contributed by atoms with E-state index < -0.39 is 5.25 Å². The summed E-state index contributed by atoms with van der Waals surface area (Å²) in [5.41, 5.74) is 4.71. The van der Waals surface area contributed by atoms with Crippen molar-refractivity contribution in [3.8, 4) is 6.07 Å². The first-order chi connectivity index (χ1) is 14.7. The monoisotopic (exact) mass is 415 g/mol. The number of thioether (sulfide) groups is 1. The molecule has 0 saturated heterocycles. The first kappa shape index (κ1) is 20.0. The van der Waals surface area contributed by atoms with Crippen molar-refractivity contribution < 1.29 is 9.53 Å². The standard InChI is InChI=1S/C24H21N3O2S/c1-3-16-14-21(30-22(24(28)29-4-2)17-10-6-5-7-11-17)27-20-13-9-8-12-19(20)26-23(27)18(16)15-25/h5-14,22H,3-4H2,1-2H3/t22-/m1/s1. The lowest BCUT2D eigenvalue weighted by atomic mass is 10.1. The molecule has 150 valence electrons. The first-order valence-electron chi connectivity index (χ1n) is 9.89. The molecule has 6 heteroatoms. The van der Waals surface area contributed by atoms with Gasteiger partial charge in [0.25, 0.3) is 0 Å². The summed E-state index contributed by atoms with van der Waals surface area (Å²) >= 11 is 1.43. The number of benzene rings is 2. The molecule has 4 aromatic rings. The highest BCUT2D eigenvalue weighted by Gasteiger charge is 2.26. The lowest BCUT2D eigenvalue weighted by Crippen LogP contribution is -2.14. The maximum absolute atomic E-state index is 12.8. The number of fused-ring (bicyclic) bond motifs is 3. The summed E-state index contributed by atoms with van der Waals surface area (Å²) in [5.74, 6) is -0.284. The van der Waals surface area contributed by atoms with Gasteiger partial charge in [0.1, 0.15) is 11.3 Å². The fourth-order valence-electron chi connectivity index (χ4n) is 3.55. The van der Waals surface area contributed by atoms with Gasteiger partial charge < -0.3 is 4.74 Å². The number of carbonyl (C=O) groups is 1. The molecule has 0 unspecified atom stereocenters. The summed E-state index contributed by atoms with van der Waals surface area (Å²) < 4.78 is 7.36. The number of hydrogen-bond donors (Lipinski definition) is 0. The highest BCUT2D eigenvalue weighted by atomic mass is 32.2. The van der Waals surface area contributed by atoms with Crippen LogP contribution in [-0.4, -0.2) is 22.0 Å². The molecule has 0 N–H and O–H groups in total. The first-order valence-corrected chi connectivity index (χ1v) is 10.8. The largest absolute Gasteiger partial charge is 0.465 e. The Kier molecular flexibility index (Phi) is 5.73. The summed E-state index contributed by atoms with van der Waals surface area (Å²) in [6.07, 6.45) is 0.700. The third-order valence-electron chi connectivity index (χ3n) is 4.96. The molecule has 0 saturated carbocycles. The van der Waals surface area contributed by atoms with Crippen LogP contribution in [0.3, 0.4) is 0 Å². The van der Waals surface area contributed by atoms with Gasteiger partial charge in [0.05, 0.1) is 28.2 Å². The molecular weight excluding hydrogens is 394 g/mol. The minimum absolute atomic E-state index is 0.284. The number of imidazole rings is 1. The predicted molar refractivity (Wildman–Crippen MR) is 118 cm³/mol. The second kappa shape index (κ2) is 8.60. The van der Waals surface area contributed by atoms with E-state index in [1.54, 1.807) is 0 Å². The Labute approximate surface area is 179 Å². The molecule has 0 radical (unpaired) electrons. The van der Waals surface area contributed by atoms with Crippen molar-refractivity contribution in [1.82, 2.24) is 9.38 Å². The van der Waals surface area contributed by atoms with Crippen molar-refractivity contribution in [2.24, 2.45) is 0 Å². The van der Waals surface area contributed by atoms with Crippen molar-refractivity contribution in [3.63, 3.8) is 0 Å². The second-order valence-electron chi connectivity index (χ2n) is 6.77. The number of pyridine rings is 1. The van der Waals surface area contributed by atoms with Gasteiger partial charge in [-0.1, -0.05) is 61.2 Å². The number of ether oxygens (including phenoxy) is 1. The predicted octanol–water partition coefficient (Wildman–Crippen LogP) is 5.32. The van der Waals surface area contributed by atoms with Gasteiger partial charge in [-0.25, -0.2) is 4.98 Å². The van der Waals surface area contributed by atoms with Crippen LogP contribution in [0.15, 0.2) is 65.7 Å². The van der Waals surface area contributed by atoms with Crippen LogP contribution in [-0.2, 0) is 16.0 Å². The fraction of sp³-hybridized carbons (Fsp3) is 0.208. The van der Waals surface area contributed by atoms with Crippen LogP contribution in [0.5, 0.6) is 0 Å². The Morgan fingerprint density at radius 2 is 1.90 bits per heavy atom. The molecule has 0 spiro atoms. The van der Waals surface area contributed by atoms with Crippen LogP contribution in [0, 0.1) is 11.3 Å². The molecule has 2 aromatic carbocycles. The van der Waals surface area contributed by atoms with Gasteiger partial charge in [0.2, 0.25) is 0 Å². The van der Waals surface area contributed by atoms with E-state index >= 15 is 0 Å². The van der Waals surface area contributed by atoms with Gasteiger partial charge in [0.15, 0.2) is 5.65 Å². The van der Waals surface area contributed by atoms with E-state index in [1.807, 2.05) is 78.9 Å². The number of rotatable bonds is 6. The minimum Gasteiger partial charge on any atom is -0.465 e. The van der Waals surface area contributed by atoms with Crippen LogP contribution in [0.25, 0.3) is 16.7 Å². The molecule has 5 nitrogen and oxygen atoms in total. The summed E-state index contributed by atoms with van der Waals surface area (Å²) in [4.78, 5) is 17.6. The molecule has 30 heavy (non-hydrogen) atoms. The van der Waals surface area contributed by atoms with Crippen molar-refractivity contribution in [1.29, 1.82) is 5.26 Å². The molecule has 0 aliphatic carbocycles. The molecule has 0 bridgehead atoms. The summed E-state index contributed by atoms with van der Waals surface area (Å²) in [5, 5.41) is 10.1. The Bertz CT molecular complexity index is 1260. The molecule has 0 aliphatic rings. The maximum Gasteiger partial charge on any atom is 0.324 e. The van der Waals surface area contributed by atoms with Crippen LogP contribution in [0.4, 0.5) is 0 Å². The van der Waals surface area contributed by atoms with E-state index in [4.69, 9.17) is 9.72 Å². The Hall–Kier alpha value is -3.30. The number of esters is 1. The Morgan fingerprint density at radius 1 is 1.17 bits per heavy atom. The smallest absolute Gasteiger partial charge is 0.324 e. The zero-order valence-electron chi connectivity index (χ0n) is 16.8. The van der Waals surface area contributed by atoms with Gasteiger partial charge in [0, 0.05) is 0 Å². The average Bonchev–Trinajstić information content (AvgIpc) is 3.17. The lowest BCUT2D eigenvalue weighted by Gasteiger charge is -2.18. The number of para-hydroxylation sites is 2. The maximum atomic E-state index is 12.8. The summed E-state index contributed by atoms with van der Waals surface area (Å²) in [6.45, 7) is 4.15. The zero-order valence-corrected chi connectivity index (χ0v) is 17.6. The fourth-order valence-corrected chi connectivity index (χ4v) is 4.75. The molecule has 0 fully saturated rings.